The molecule has 90 valence electrons. The Kier molecular flexibility index (Phi) is 4.39. The minimum atomic E-state index is -3.48. The maximum atomic E-state index is 11.7. The minimum absolute atomic E-state index is 0.142. The Labute approximate surface area is 99.9 Å². The van der Waals surface area contributed by atoms with Crippen LogP contribution in [0.3, 0.4) is 0 Å². The van der Waals surface area contributed by atoms with Crippen LogP contribution in [0.15, 0.2) is 17.3 Å². The van der Waals surface area contributed by atoms with Crippen LogP contribution in [0.1, 0.15) is 12.8 Å². The summed E-state index contributed by atoms with van der Waals surface area (Å²) >= 11 is 4.69. The summed E-state index contributed by atoms with van der Waals surface area (Å²) in [6, 6.07) is 1.44. The van der Waals surface area contributed by atoms with Crippen molar-refractivity contribution in [1.29, 1.82) is 0 Å². The predicted octanol–water partition coefficient (Wildman–Crippen LogP) is -0.235. The van der Waals surface area contributed by atoms with Crippen LogP contribution in [-0.2, 0) is 17.1 Å². The van der Waals surface area contributed by atoms with E-state index in [-0.39, 0.29) is 5.03 Å². The maximum Gasteiger partial charge on any atom is 0.257 e. The normalized spacial score (nSPS) is 11.6. The average molecular weight is 262 g/mol. The number of aryl methyl sites for hydroxylation is 1. The largest absolute Gasteiger partial charge is 0.393 e. The van der Waals surface area contributed by atoms with E-state index < -0.39 is 10.0 Å². The third kappa shape index (κ3) is 3.54. The first-order valence-corrected chi connectivity index (χ1v) is 6.58. The zero-order valence-electron chi connectivity index (χ0n) is 8.88. The smallest absolute Gasteiger partial charge is 0.257 e. The fourth-order valence-corrected chi connectivity index (χ4v) is 2.51. The summed E-state index contributed by atoms with van der Waals surface area (Å²) in [4.78, 5) is 0.389. The molecule has 1 aromatic rings. The fourth-order valence-electron chi connectivity index (χ4n) is 1.17. The molecule has 0 saturated carbocycles. The van der Waals surface area contributed by atoms with E-state index in [9.17, 15) is 8.42 Å². The van der Waals surface area contributed by atoms with Crippen LogP contribution in [0, 0.1) is 0 Å². The number of nitrogens with one attached hydrogen (secondary N) is 1. The third-order valence-corrected chi connectivity index (χ3v) is 3.68. The first-order chi connectivity index (χ1) is 7.43. The van der Waals surface area contributed by atoms with Crippen LogP contribution >= 0.6 is 12.2 Å². The molecule has 0 aliphatic carbocycles. The van der Waals surface area contributed by atoms with Gasteiger partial charge >= 0.3 is 0 Å². The third-order valence-electron chi connectivity index (χ3n) is 1.94. The molecule has 6 nitrogen and oxygen atoms in total. The lowest BCUT2D eigenvalue weighted by molar-refractivity contribution is 0.561. The molecule has 0 aliphatic heterocycles. The minimum Gasteiger partial charge on any atom is -0.393 e. The summed E-state index contributed by atoms with van der Waals surface area (Å²) in [7, 11) is -1.91. The summed E-state index contributed by atoms with van der Waals surface area (Å²) in [5, 5.41) is 3.94. The van der Waals surface area contributed by atoms with Gasteiger partial charge in [-0.15, -0.1) is 0 Å². The molecule has 0 amide bonds. The summed E-state index contributed by atoms with van der Waals surface area (Å²) in [5.74, 6) is 0. The molecule has 0 bridgehead atoms. The molecule has 1 aromatic heterocycles. The van der Waals surface area contributed by atoms with Gasteiger partial charge < -0.3 is 5.73 Å². The molecule has 0 unspecified atom stereocenters. The number of aromatic nitrogens is 2. The molecule has 0 aromatic carbocycles. The van der Waals surface area contributed by atoms with E-state index in [1.54, 1.807) is 7.05 Å². The van der Waals surface area contributed by atoms with Crippen molar-refractivity contribution >= 4 is 27.2 Å². The SMILES string of the molecule is Cn1nccc1S(=O)(=O)NCCCC(N)=S. The summed E-state index contributed by atoms with van der Waals surface area (Å²) < 4.78 is 27.2. The summed E-state index contributed by atoms with van der Waals surface area (Å²) in [6.45, 7) is 0.310. The highest BCUT2D eigenvalue weighted by Gasteiger charge is 2.16. The number of hydrogen-bond donors (Lipinski definition) is 2. The number of nitrogens with zero attached hydrogens (tertiary/aromatic N) is 2. The molecule has 0 aliphatic rings. The van der Waals surface area contributed by atoms with Gasteiger partial charge in [-0.1, -0.05) is 12.2 Å². The monoisotopic (exact) mass is 262 g/mol. The van der Waals surface area contributed by atoms with E-state index in [4.69, 9.17) is 5.73 Å². The van der Waals surface area contributed by atoms with Gasteiger partial charge in [-0.25, -0.2) is 13.1 Å². The number of nitrogens with two attached hydrogens (primary N) is 1. The first-order valence-electron chi connectivity index (χ1n) is 4.69. The van der Waals surface area contributed by atoms with E-state index in [0.717, 1.165) is 0 Å². The van der Waals surface area contributed by atoms with Crippen LogP contribution in [0.5, 0.6) is 0 Å². The molecule has 0 spiro atoms. The van der Waals surface area contributed by atoms with Crippen LogP contribution in [0.25, 0.3) is 0 Å². The van der Waals surface area contributed by atoms with E-state index in [0.29, 0.717) is 24.4 Å². The van der Waals surface area contributed by atoms with Crippen molar-refractivity contribution in [2.24, 2.45) is 12.8 Å². The highest BCUT2D eigenvalue weighted by Crippen LogP contribution is 2.05. The van der Waals surface area contributed by atoms with Gasteiger partial charge in [-0.05, 0) is 18.9 Å². The van der Waals surface area contributed by atoms with Gasteiger partial charge in [0.1, 0.15) is 0 Å². The molecule has 0 radical (unpaired) electrons. The molecule has 8 heteroatoms. The Hall–Kier alpha value is -0.990. The number of thiocarbonyl (C=S) groups is 1. The van der Waals surface area contributed by atoms with Crippen molar-refractivity contribution in [3.63, 3.8) is 0 Å². The van der Waals surface area contributed by atoms with Crippen molar-refractivity contribution in [1.82, 2.24) is 14.5 Å². The van der Waals surface area contributed by atoms with Crippen molar-refractivity contribution < 1.29 is 8.42 Å². The second-order valence-electron chi connectivity index (χ2n) is 3.26. The van der Waals surface area contributed by atoms with Gasteiger partial charge in [0, 0.05) is 13.6 Å². The maximum absolute atomic E-state index is 11.7. The highest BCUT2D eigenvalue weighted by molar-refractivity contribution is 7.89. The zero-order chi connectivity index (χ0) is 12.2. The Morgan fingerprint density at radius 1 is 1.69 bits per heavy atom. The van der Waals surface area contributed by atoms with E-state index in [1.165, 1.54) is 16.9 Å². The summed E-state index contributed by atoms with van der Waals surface area (Å²) in [5.41, 5.74) is 5.30. The molecule has 16 heavy (non-hydrogen) atoms. The lowest BCUT2D eigenvalue weighted by Gasteiger charge is -2.06. The molecular weight excluding hydrogens is 248 g/mol. The molecule has 0 saturated heterocycles. The lowest BCUT2D eigenvalue weighted by Crippen LogP contribution is -2.27. The number of hydrogen-bond acceptors (Lipinski definition) is 4. The lowest BCUT2D eigenvalue weighted by atomic mass is 10.3. The van der Waals surface area contributed by atoms with Gasteiger partial charge in [-0.2, -0.15) is 5.10 Å². The van der Waals surface area contributed by atoms with Gasteiger partial charge in [-0.3, -0.25) is 4.68 Å². The second kappa shape index (κ2) is 5.37. The number of rotatable bonds is 6. The standard InChI is InChI=1S/C8H14N4O2S2/c1-12-8(4-6-10-12)16(13,14)11-5-2-3-7(9)15/h4,6,11H,2-3,5H2,1H3,(H2,9,15). The Bertz CT molecular complexity index is 466. The summed E-state index contributed by atoms with van der Waals surface area (Å²) in [6.07, 6.45) is 2.55. The van der Waals surface area contributed by atoms with Crippen LogP contribution < -0.4 is 10.5 Å². The van der Waals surface area contributed by atoms with Crippen molar-refractivity contribution in [2.75, 3.05) is 6.54 Å². The van der Waals surface area contributed by atoms with Crippen molar-refractivity contribution in [2.45, 2.75) is 17.9 Å². The van der Waals surface area contributed by atoms with Gasteiger partial charge in [0.2, 0.25) is 0 Å². The van der Waals surface area contributed by atoms with Crippen LogP contribution in [0.2, 0.25) is 0 Å². The fraction of sp³-hybridized carbons (Fsp3) is 0.500. The van der Waals surface area contributed by atoms with Crippen molar-refractivity contribution in [3.8, 4) is 0 Å². The molecule has 3 N–H and O–H groups in total. The Morgan fingerprint density at radius 2 is 2.38 bits per heavy atom. The zero-order valence-corrected chi connectivity index (χ0v) is 10.5. The molecule has 1 rings (SSSR count). The Balaban J connectivity index is 2.54. The first kappa shape index (κ1) is 13.1. The van der Waals surface area contributed by atoms with Gasteiger partial charge in [0.15, 0.2) is 5.03 Å². The second-order valence-corrected chi connectivity index (χ2v) is 5.50. The quantitative estimate of drug-likeness (QED) is 0.546. The van der Waals surface area contributed by atoms with E-state index in [1.807, 2.05) is 0 Å². The van der Waals surface area contributed by atoms with Crippen LogP contribution in [0.4, 0.5) is 0 Å². The average Bonchev–Trinajstić information content (AvgIpc) is 2.59. The molecule has 1 heterocycles. The molecular formula is C8H14N4O2S2. The number of sulfonamides is 1. The Morgan fingerprint density at radius 3 is 2.88 bits per heavy atom. The molecule has 0 fully saturated rings. The van der Waals surface area contributed by atoms with Crippen LogP contribution in [-0.4, -0.2) is 29.7 Å². The molecule has 0 atom stereocenters. The van der Waals surface area contributed by atoms with Crippen molar-refractivity contribution in [3.05, 3.63) is 12.3 Å². The van der Waals surface area contributed by atoms with Gasteiger partial charge in [0.25, 0.3) is 10.0 Å². The topological polar surface area (TPSA) is 90.0 Å². The highest BCUT2D eigenvalue weighted by atomic mass is 32.2. The predicted molar refractivity (Wildman–Crippen MR) is 64.4 cm³/mol. The van der Waals surface area contributed by atoms with E-state index in [2.05, 4.69) is 22.0 Å². The van der Waals surface area contributed by atoms with Gasteiger partial charge in [0.05, 0.1) is 11.2 Å². The van der Waals surface area contributed by atoms with E-state index >= 15 is 0 Å².